The first-order valence-corrected chi connectivity index (χ1v) is 6.70. The van der Waals surface area contributed by atoms with Crippen LogP contribution in [0.15, 0.2) is 18.2 Å². The fourth-order valence-electron chi connectivity index (χ4n) is 2.70. The van der Waals surface area contributed by atoms with E-state index in [1.165, 1.54) is 11.1 Å². The molecule has 1 atom stereocenters. The maximum Gasteiger partial charge on any atom is 0.228 e. The molecule has 0 aromatic heterocycles. The van der Waals surface area contributed by atoms with Gasteiger partial charge in [0, 0.05) is 18.2 Å². The van der Waals surface area contributed by atoms with E-state index >= 15 is 0 Å². The van der Waals surface area contributed by atoms with Crippen LogP contribution in [-0.4, -0.2) is 12.5 Å². The van der Waals surface area contributed by atoms with E-state index in [0.717, 1.165) is 31.6 Å². The molecule has 2 aliphatic rings. The Morgan fingerprint density at radius 1 is 1.39 bits per heavy atom. The molecule has 1 unspecified atom stereocenters. The van der Waals surface area contributed by atoms with Crippen LogP contribution < -0.4 is 10.6 Å². The lowest BCUT2D eigenvalue weighted by atomic mass is 10.0. The fourth-order valence-corrected chi connectivity index (χ4v) is 2.70. The van der Waals surface area contributed by atoms with Crippen molar-refractivity contribution in [2.24, 2.45) is 11.3 Å². The number of hydrogen-bond acceptors (Lipinski definition) is 2. The average molecular weight is 244 g/mol. The van der Waals surface area contributed by atoms with Crippen LogP contribution in [-0.2, 0) is 17.8 Å². The van der Waals surface area contributed by atoms with Crippen molar-refractivity contribution < 1.29 is 4.79 Å². The molecule has 3 nitrogen and oxygen atoms in total. The molecule has 1 aromatic rings. The van der Waals surface area contributed by atoms with E-state index in [0.29, 0.717) is 0 Å². The summed E-state index contributed by atoms with van der Waals surface area (Å²) in [6.07, 6.45) is 2.09. The minimum absolute atomic E-state index is 0.170. The minimum Gasteiger partial charge on any atom is -0.326 e. The van der Waals surface area contributed by atoms with Crippen molar-refractivity contribution in [1.82, 2.24) is 5.32 Å². The molecule has 1 heterocycles. The van der Waals surface area contributed by atoms with Gasteiger partial charge in [0.15, 0.2) is 0 Å². The lowest BCUT2D eigenvalue weighted by Crippen LogP contribution is -2.24. The van der Waals surface area contributed by atoms with Gasteiger partial charge in [-0.25, -0.2) is 0 Å². The topological polar surface area (TPSA) is 41.1 Å². The third kappa shape index (κ3) is 2.15. The van der Waals surface area contributed by atoms with Crippen molar-refractivity contribution in [3.8, 4) is 0 Å². The highest BCUT2D eigenvalue weighted by molar-refractivity contribution is 5.95. The van der Waals surface area contributed by atoms with Crippen LogP contribution in [0.1, 0.15) is 31.4 Å². The van der Waals surface area contributed by atoms with E-state index in [1.807, 2.05) is 6.07 Å². The van der Waals surface area contributed by atoms with E-state index in [1.54, 1.807) is 0 Å². The fraction of sp³-hybridized carbons (Fsp3) is 0.533. The number of amides is 1. The molecule has 1 fully saturated rings. The summed E-state index contributed by atoms with van der Waals surface area (Å²) in [4.78, 5) is 12.0. The Labute approximate surface area is 108 Å². The number of nitrogens with one attached hydrogen (secondary N) is 2. The van der Waals surface area contributed by atoms with Gasteiger partial charge in [-0.1, -0.05) is 19.9 Å². The van der Waals surface area contributed by atoms with Gasteiger partial charge < -0.3 is 10.6 Å². The lowest BCUT2D eigenvalue weighted by molar-refractivity contribution is -0.117. The van der Waals surface area contributed by atoms with Crippen LogP contribution in [0.5, 0.6) is 0 Å². The Balaban J connectivity index is 1.72. The van der Waals surface area contributed by atoms with E-state index in [4.69, 9.17) is 0 Å². The maximum absolute atomic E-state index is 12.0. The number of fused-ring (bicyclic) bond motifs is 1. The van der Waals surface area contributed by atoms with Crippen molar-refractivity contribution in [3.05, 3.63) is 29.3 Å². The van der Waals surface area contributed by atoms with Gasteiger partial charge in [-0.05, 0) is 48.1 Å². The first-order chi connectivity index (χ1) is 8.56. The van der Waals surface area contributed by atoms with Crippen LogP contribution in [0.3, 0.4) is 0 Å². The first-order valence-electron chi connectivity index (χ1n) is 6.70. The average Bonchev–Trinajstić information content (AvgIpc) is 2.98. The molecule has 0 bridgehead atoms. The van der Waals surface area contributed by atoms with E-state index in [2.05, 4.69) is 36.6 Å². The Morgan fingerprint density at radius 2 is 2.17 bits per heavy atom. The first kappa shape index (κ1) is 11.7. The molecule has 18 heavy (non-hydrogen) atoms. The number of benzene rings is 1. The van der Waals surface area contributed by atoms with Crippen LogP contribution in [0.2, 0.25) is 0 Å². The normalized spacial score (nSPS) is 24.2. The molecule has 1 aliphatic heterocycles. The summed E-state index contributed by atoms with van der Waals surface area (Å²) >= 11 is 0. The third-order valence-corrected chi connectivity index (χ3v) is 4.19. The number of carbonyl (C=O) groups is 1. The summed E-state index contributed by atoms with van der Waals surface area (Å²) in [7, 11) is 0. The summed E-state index contributed by atoms with van der Waals surface area (Å²) < 4.78 is 0. The quantitative estimate of drug-likeness (QED) is 0.838. The summed E-state index contributed by atoms with van der Waals surface area (Å²) in [6, 6.07) is 6.27. The molecule has 96 valence electrons. The molecule has 2 N–H and O–H groups in total. The molecule has 1 amide bonds. The minimum atomic E-state index is 0.170. The number of rotatable bonds is 2. The van der Waals surface area contributed by atoms with Gasteiger partial charge >= 0.3 is 0 Å². The van der Waals surface area contributed by atoms with Gasteiger partial charge in [-0.15, -0.1) is 0 Å². The predicted octanol–water partition coefficient (Wildman–Crippen LogP) is 2.32. The van der Waals surface area contributed by atoms with Crippen molar-refractivity contribution >= 4 is 11.6 Å². The standard InChI is InChI=1S/C15H20N2O/c1-15(2)8-13(15)14(18)17-12-4-3-10-5-6-16-9-11(10)7-12/h3-4,7,13,16H,5-6,8-9H2,1-2H3,(H,17,18). The highest BCUT2D eigenvalue weighted by Crippen LogP contribution is 2.52. The van der Waals surface area contributed by atoms with Crippen LogP contribution in [0.4, 0.5) is 5.69 Å². The van der Waals surface area contributed by atoms with Crippen LogP contribution >= 0.6 is 0 Å². The molecule has 1 aliphatic carbocycles. The third-order valence-electron chi connectivity index (χ3n) is 4.19. The Kier molecular flexibility index (Phi) is 2.67. The van der Waals surface area contributed by atoms with Gasteiger partial charge in [0.05, 0.1) is 0 Å². The second-order valence-electron chi connectivity index (χ2n) is 6.14. The van der Waals surface area contributed by atoms with Crippen molar-refractivity contribution in [3.63, 3.8) is 0 Å². The van der Waals surface area contributed by atoms with Gasteiger partial charge in [0.1, 0.15) is 0 Å². The van der Waals surface area contributed by atoms with E-state index in [-0.39, 0.29) is 17.2 Å². The molecule has 3 heteroatoms. The number of hydrogen-bond donors (Lipinski definition) is 2. The summed E-state index contributed by atoms with van der Waals surface area (Å²) in [5.74, 6) is 0.357. The smallest absolute Gasteiger partial charge is 0.228 e. The summed E-state index contributed by atoms with van der Waals surface area (Å²) in [5.41, 5.74) is 3.84. The largest absolute Gasteiger partial charge is 0.326 e. The Morgan fingerprint density at radius 3 is 2.89 bits per heavy atom. The van der Waals surface area contributed by atoms with Crippen molar-refractivity contribution in [2.45, 2.75) is 33.2 Å². The summed E-state index contributed by atoms with van der Waals surface area (Å²) in [5, 5.41) is 6.40. The van der Waals surface area contributed by atoms with Crippen molar-refractivity contribution in [2.75, 3.05) is 11.9 Å². The predicted molar refractivity (Wildman–Crippen MR) is 72.4 cm³/mol. The van der Waals surface area contributed by atoms with E-state index < -0.39 is 0 Å². The SMILES string of the molecule is CC1(C)CC1C(=O)Nc1ccc2c(c1)CNCC2. The zero-order chi connectivity index (χ0) is 12.8. The second kappa shape index (κ2) is 4.09. The lowest BCUT2D eigenvalue weighted by Gasteiger charge is -2.18. The van der Waals surface area contributed by atoms with Crippen molar-refractivity contribution in [1.29, 1.82) is 0 Å². The molecule has 1 aromatic carbocycles. The Bertz CT molecular complexity index is 493. The van der Waals surface area contributed by atoms with Crippen LogP contribution in [0, 0.1) is 11.3 Å². The zero-order valence-electron chi connectivity index (χ0n) is 11.0. The van der Waals surface area contributed by atoms with Crippen LogP contribution in [0.25, 0.3) is 0 Å². The second-order valence-corrected chi connectivity index (χ2v) is 6.14. The van der Waals surface area contributed by atoms with Gasteiger partial charge in [0.25, 0.3) is 0 Å². The zero-order valence-corrected chi connectivity index (χ0v) is 11.0. The number of carbonyl (C=O) groups excluding carboxylic acids is 1. The monoisotopic (exact) mass is 244 g/mol. The highest BCUT2D eigenvalue weighted by Gasteiger charge is 2.50. The van der Waals surface area contributed by atoms with Gasteiger partial charge in [0.2, 0.25) is 5.91 Å². The maximum atomic E-state index is 12.0. The summed E-state index contributed by atoms with van der Waals surface area (Å²) in [6.45, 7) is 6.25. The molecule has 0 spiro atoms. The molecular weight excluding hydrogens is 224 g/mol. The molecule has 3 rings (SSSR count). The van der Waals surface area contributed by atoms with Gasteiger partial charge in [-0.2, -0.15) is 0 Å². The molecule has 0 radical (unpaired) electrons. The van der Waals surface area contributed by atoms with E-state index in [9.17, 15) is 4.79 Å². The van der Waals surface area contributed by atoms with Gasteiger partial charge in [-0.3, -0.25) is 4.79 Å². The Hall–Kier alpha value is -1.35. The number of anilines is 1. The highest BCUT2D eigenvalue weighted by atomic mass is 16.2. The molecule has 1 saturated carbocycles. The molecular formula is C15H20N2O. The molecule has 0 saturated heterocycles.